The maximum absolute atomic E-state index is 10.6. The van der Waals surface area contributed by atoms with Crippen molar-refractivity contribution in [3.63, 3.8) is 0 Å². The molecule has 0 spiro atoms. The molecule has 17 heavy (non-hydrogen) atoms. The predicted molar refractivity (Wildman–Crippen MR) is 73.1 cm³/mol. The van der Waals surface area contributed by atoms with Crippen molar-refractivity contribution in [2.45, 2.75) is 13.3 Å². The van der Waals surface area contributed by atoms with E-state index in [-0.39, 0.29) is 5.91 Å². The number of carbonyl (C=O) groups is 1. The fraction of sp³-hybridized carbons (Fsp3) is 0.357. The van der Waals surface area contributed by atoms with E-state index in [9.17, 15) is 4.79 Å². The van der Waals surface area contributed by atoms with Gasteiger partial charge in [0.2, 0.25) is 5.91 Å². The largest absolute Gasteiger partial charge is 0.378 e. The third-order valence-electron chi connectivity index (χ3n) is 2.40. The van der Waals surface area contributed by atoms with Crippen LogP contribution in [0.1, 0.15) is 18.9 Å². The lowest BCUT2D eigenvalue weighted by atomic mass is 10.2. The van der Waals surface area contributed by atoms with Crippen LogP contribution in [0.15, 0.2) is 30.3 Å². The van der Waals surface area contributed by atoms with Gasteiger partial charge in [0.05, 0.1) is 0 Å². The Bertz CT molecular complexity index is 380. The Balaban J connectivity index is 2.41. The summed E-state index contributed by atoms with van der Waals surface area (Å²) in [7, 11) is 4.05. The minimum absolute atomic E-state index is 0.0220. The van der Waals surface area contributed by atoms with Gasteiger partial charge in [0.15, 0.2) is 0 Å². The molecule has 0 fully saturated rings. The molecule has 0 aromatic heterocycles. The summed E-state index contributed by atoms with van der Waals surface area (Å²) < 4.78 is 0. The van der Waals surface area contributed by atoms with E-state index in [1.54, 1.807) is 0 Å². The van der Waals surface area contributed by atoms with Crippen molar-refractivity contribution in [2.24, 2.45) is 0 Å². The van der Waals surface area contributed by atoms with Crippen LogP contribution in [0.25, 0.3) is 6.08 Å². The summed E-state index contributed by atoms with van der Waals surface area (Å²) in [5.74, 6) is 0.0220. The number of benzene rings is 1. The highest BCUT2D eigenvalue weighted by Crippen LogP contribution is 2.13. The minimum Gasteiger partial charge on any atom is -0.378 e. The normalized spacial score (nSPS) is 10.5. The molecule has 0 saturated heterocycles. The van der Waals surface area contributed by atoms with Crippen molar-refractivity contribution < 1.29 is 4.79 Å². The van der Waals surface area contributed by atoms with Crippen LogP contribution in [0.5, 0.6) is 0 Å². The third-order valence-corrected chi connectivity index (χ3v) is 2.40. The lowest BCUT2D eigenvalue weighted by Gasteiger charge is -2.11. The molecule has 0 heterocycles. The number of anilines is 1. The standard InChI is InChI=1S/C14H20N2O/c1-12(17)15-11-5-4-6-13-7-9-14(10-8-13)16(2)3/h4,6-10H,5,11H2,1-3H3,(H,15,17). The zero-order chi connectivity index (χ0) is 12.7. The van der Waals surface area contributed by atoms with Crippen molar-refractivity contribution in [3.8, 4) is 0 Å². The zero-order valence-corrected chi connectivity index (χ0v) is 10.7. The summed E-state index contributed by atoms with van der Waals surface area (Å²) in [6.45, 7) is 2.23. The van der Waals surface area contributed by atoms with Gasteiger partial charge in [-0.3, -0.25) is 4.79 Å². The summed E-state index contributed by atoms with van der Waals surface area (Å²) in [5.41, 5.74) is 2.37. The molecule has 0 radical (unpaired) electrons. The Morgan fingerprint density at radius 2 is 1.94 bits per heavy atom. The summed E-state index contributed by atoms with van der Waals surface area (Å²) in [6, 6.07) is 8.36. The molecule has 1 rings (SSSR count). The topological polar surface area (TPSA) is 32.3 Å². The van der Waals surface area contributed by atoms with Gasteiger partial charge in [0.1, 0.15) is 0 Å². The molecule has 0 saturated carbocycles. The number of rotatable bonds is 5. The van der Waals surface area contributed by atoms with Crippen molar-refractivity contribution >= 4 is 17.7 Å². The van der Waals surface area contributed by atoms with Crippen molar-refractivity contribution in [1.82, 2.24) is 5.32 Å². The van der Waals surface area contributed by atoms with Crippen LogP contribution >= 0.6 is 0 Å². The molecule has 0 unspecified atom stereocenters. The maximum atomic E-state index is 10.6. The number of nitrogens with zero attached hydrogens (tertiary/aromatic N) is 1. The molecule has 0 aliphatic rings. The summed E-state index contributed by atoms with van der Waals surface area (Å²) in [4.78, 5) is 12.7. The van der Waals surface area contributed by atoms with Crippen LogP contribution in [-0.4, -0.2) is 26.5 Å². The number of nitrogens with one attached hydrogen (secondary N) is 1. The van der Waals surface area contributed by atoms with Crippen molar-refractivity contribution in [2.75, 3.05) is 25.5 Å². The van der Waals surface area contributed by atoms with Crippen LogP contribution in [0.4, 0.5) is 5.69 Å². The highest BCUT2D eigenvalue weighted by molar-refractivity contribution is 5.72. The molecule has 1 aromatic rings. The van der Waals surface area contributed by atoms with Gasteiger partial charge in [-0.1, -0.05) is 24.3 Å². The second-order valence-electron chi connectivity index (χ2n) is 4.16. The van der Waals surface area contributed by atoms with Gasteiger partial charge in [0.25, 0.3) is 0 Å². The van der Waals surface area contributed by atoms with Crippen LogP contribution in [0.2, 0.25) is 0 Å². The second-order valence-corrected chi connectivity index (χ2v) is 4.16. The van der Waals surface area contributed by atoms with Gasteiger partial charge in [-0.15, -0.1) is 0 Å². The van der Waals surface area contributed by atoms with E-state index in [4.69, 9.17) is 0 Å². The van der Waals surface area contributed by atoms with Crippen LogP contribution in [-0.2, 0) is 4.79 Å². The van der Waals surface area contributed by atoms with E-state index < -0.39 is 0 Å². The number of carbonyl (C=O) groups excluding carboxylic acids is 1. The fourth-order valence-electron chi connectivity index (χ4n) is 1.43. The molecular formula is C14H20N2O. The molecule has 0 bridgehead atoms. The molecule has 3 heteroatoms. The fourth-order valence-corrected chi connectivity index (χ4v) is 1.43. The maximum Gasteiger partial charge on any atom is 0.216 e. The first-order valence-electron chi connectivity index (χ1n) is 5.78. The average molecular weight is 232 g/mol. The molecule has 92 valence electrons. The van der Waals surface area contributed by atoms with Gasteiger partial charge < -0.3 is 10.2 Å². The Labute approximate surface area is 103 Å². The van der Waals surface area contributed by atoms with E-state index in [1.807, 2.05) is 14.1 Å². The molecule has 1 N–H and O–H groups in total. The summed E-state index contributed by atoms with van der Waals surface area (Å²) in [5, 5.41) is 2.76. The summed E-state index contributed by atoms with van der Waals surface area (Å²) >= 11 is 0. The van der Waals surface area contributed by atoms with E-state index >= 15 is 0 Å². The van der Waals surface area contributed by atoms with Crippen LogP contribution < -0.4 is 10.2 Å². The van der Waals surface area contributed by atoms with Crippen molar-refractivity contribution in [3.05, 3.63) is 35.9 Å². The third kappa shape index (κ3) is 5.20. The van der Waals surface area contributed by atoms with E-state index in [2.05, 4.69) is 46.6 Å². The smallest absolute Gasteiger partial charge is 0.216 e. The average Bonchev–Trinajstić information content (AvgIpc) is 2.29. The highest BCUT2D eigenvalue weighted by Gasteiger charge is 1.93. The SMILES string of the molecule is CC(=O)NCCC=Cc1ccc(N(C)C)cc1. The Hall–Kier alpha value is -1.77. The van der Waals surface area contributed by atoms with Crippen molar-refractivity contribution in [1.29, 1.82) is 0 Å². The van der Waals surface area contributed by atoms with Crippen LogP contribution in [0.3, 0.4) is 0 Å². The molecule has 0 aliphatic carbocycles. The number of amides is 1. The van der Waals surface area contributed by atoms with Gasteiger partial charge in [-0.05, 0) is 24.1 Å². The minimum atomic E-state index is 0.0220. The Morgan fingerprint density at radius 3 is 2.47 bits per heavy atom. The molecular weight excluding hydrogens is 212 g/mol. The molecule has 0 aliphatic heterocycles. The van der Waals surface area contributed by atoms with Gasteiger partial charge in [0, 0.05) is 33.3 Å². The first-order chi connectivity index (χ1) is 8.09. The lowest BCUT2D eigenvalue weighted by molar-refractivity contribution is -0.118. The van der Waals surface area contributed by atoms with Gasteiger partial charge in [-0.25, -0.2) is 0 Å². The first-order valence-corrected chi connectivity index (χ1v) is 5.78. The second kappa shape index (κ2) is 6.74. The molecule has 1 aromatic carbocycles. The number of hydrogen-bond acceptors (Lipinski definition) is 2. The molecule has 0 atom stereocenters. The zero-order valence-electron chi connectivity index (χ0n) is 10.7. The van der Waals surface area contributed by atoms with E-state index in [0.717, 1.165) is 6.42 Å². The summed E-state index contributed by atoms with van der Waals surface area (Å²) in [6.07, 6.45) is 5.00. The molecule has 1 amide bonds. The van der Waals surface area contributed by atoms with Crippen LogP contribution in [0, 0.1) is 0 Å². The first kappa shape index (κ1) is 13.3. The Morgan fingerprint density at radius 1 is 1.29 bits per heavy atom. The van der Waals surface area contributed by atoms with E-state index in [1.165, 1.54) is 18.2 Å². The van der Waals surface area contributed by atoms with E-state index in [0.29, 0.717) is 6.54 Å². The highest BCUT2D eigenvalue weighted by atomic mass is 16.1. The molecule has 3 nitrogen and oxygen atoms in total. The predicted octanol–water partition coefficient (Wildman–Crippen LogP) is 2.29. The van der Waals surface area contributed by atoms with Gasteiger partial charge in [-0.2, -0.15) is 0 Å². The Kier molecular flexibility index (Phi) is 5.27. The lowest BCUT2D eigenvalue weighted by Crippen LogP contribution is -2.20. The van der Waals surface area contributed by atoms with Gasteiger partial charge >= 0.3 is 0 Å². The monoisotopic (exact) mass is 232 g/mol. The quantitative estimate of drug-likeness (QED) is 0.790. The number of hydrogen-bond donors (Lipinski definition) is 1.